The summed E-state index contributed by atoms with van der Waals surface area (Å²) in [4.78, 5) is 73.4. The number of hydrazone groups is 6. The highest BCUT2D eigenvalue weighted by atomic mass is 79.9. The Hall–Kier alpha value is -14.0. The molecule has 0 aromatic heterocycles. The number of nitrogens with zero attached hydrogens (tertiary/aromatic N) is 7. The fourth-order valence-corrected chi connectivity index (χ4v) is 11.9. The van der Waals surface area contributed by atoms with Crippen molar-refractivity contribution in [1.82, 2.24) is 32.6 Å². The highest BCUT2D eigenvalue weighted by molar-refractivity contribution is 9.11. The number of amides is 6. The summed E-state index contributed by atoms with van der Waals surface area (Å²) in [5, 5.41) is 70.0. The number of halogens is 4. The van der Waals surface area contributed by atoms with E-state index in [2.05, 4.69) is 127 Å². The van der Waals surface area contributed by atoms with E-state index in [0.29, 0.717) is 47.9 Å². The molecular formula is C92H85Br4N13O12. The number of methoxy groups -OCH3 is 1. The Morgan fingerprint density at radius 2 is 0.628 bits per heavy atom. The quantitative estimate of drug-likeness (QED) is 0.0250. The summed E-state index contributed by atoms with van der Waals surface area (Å²) in [7, 11) is 5.59. The molecule has 0 spiro atoms. The van der Waals surface area contributed by atoms with Crippen molar-refractivity contribution < 1.29 is 59.0 Å². The van der Waals surface area contributed by atoms with Crippen molar-refractivity contribution in [1.29, 1.82) is 0 Å². The van der Waals surface area contributed by atoms with E-state index < -0.39 is 0 Å². The molecule has 0 atom stereocenters. The Morgan fingerprint density at radius 3 is 0.959 bits per heavy atom. The minimum absolute atomic E-state index is 0.0383. The lowest BCUT2D eigenvalue weighted by atomic mass is 10.1. The number of carbonyl (C=O) groups excluding carboxylic acids is 6. The zero-order valence-corrected chi connectivity index (χ0v) is 72.9. The summed E-state index contributed by atoms with van der Waals surface area (Å²) >= 11 is 13.1. The largest absolute Gasteiger partial charge is 0.508 e. The molecule has 11 N–H and O–H groups in total. The van der Waals surface area contributed by atoms with Crippen LogP contribution in [0.1, 0.15) is 123 Å². The minimum Gasteiger partial charge on any atom is -0.508 e. The molecule has 0 saturated carbocycles. The molecule has 25 nitrogen and oxygen atoms in total. The maximum atomic E-state index is 12.0. The maximum absolute atomic E-state index is 12.0. The van der Waals surface area contributed by atoms with E-state index in [1.165, 1.54) is 43.1 Å². The summed E-state index contributed by atoms with van der Waals surface area (Å²) in [5.74, 6) is -0.430. The van der Waals surface area contributed by atoms with Gasteiger partial charge < -0.3 is 35.2 Å². The number of phenolic OH excluding ortho intramolecular Hbond substituents is 5. The molecule has 0 bridgehead atoms. The van der Waals surface area contributed by atoms with Crippen LogP contribution in [0, 0.1) is 34.6 Å². The molecule has 121 heavy (non-hydrogen) atoms. The van der Waals surface area contributed by atoms with Crippen LogP contribution in [0.3, 0.4) is 0 Å². The van der Waals surface area contributed by atoms with Gasteiger partial charge in [-0.25, -0.2) is 32.6 Å². The van der Waals surface area contributed by atoms with Crippen molar-refractivity contribution >= 4 is 142 Å². The number of nitrogens with one attached hydrogen (secondary N) is 6. The number of ether oxygens (including phenoxy) is 1. The molecule has 0 heterocycles. The molecular weight excluding hydrogens is 1800 g/mol. The van der Waals surface area contributed by atoms with Gasteiger partial charge in [0.15, 0.2) is 0 Å². The molecule has 0 saturated heterocycles. The van der Waals surface area contributed by atoms with E-state index >= 15 is 0 Å². The van der Waals surface area contributed by atoms with Crippen LogP contribution in [-0.2, 0) is 0 Å². The molecule has 618 valence electrons. The van der Waals surface area contributed by atoms with Crippen molar-refractivity contribution in [2.75, 3.05) is 26.1 Å². The van der Waals surface area contributed by atoms with Gasteiger partial charge in [-0.15, -0.1) is 0 Å². The number of rotatable bonds is 20. The van der Waals surface area contributed by atoms with Crippen molar-refractivity contribution in [2.24, 2.45) is 30.6 Å². The average Bonchev–Trinajstić information content (AvgIpc) is 0.960. The molecule has 12 rings (SSSR count). The molecule has 0 aliphatic heterocycles. The first kappa shape index (κ1) is 94.2. The van der Waals surface area contributed by atoms with Crippen LogP contribution in [0.25, 0.3) is 0 Å². The highest BCUT2D eigenvalue weighted by Crippen LogP contribution is 2.27. The van der Waals surface area contributed by atoms with Crippen LogP contribution < -0.4 is 42.2 Å². The predicted octanol–water partition coefficient (Wildman–Crippen LogP) is 17.9. The van der Waals surface area contributed by atoms with Gasteiger partial charge in [0, 0.05) is 69.3 Å². The number of hydrogen-bond donors (Lipinski definition) is 11. The van der Waals surface area contributed by atoms with Gasteiger partial charge in [-0.2, -0.15) is 30.6 Å². The first-order chi connectivity index (χ1) is 58.1. The van der Waals surface area contributed by atoms with Crippen molar-refractivity contribution in [3.63, 3.8) is 0 Å². The van der Waals surface area contributed by atoms with Crippen LogP contribution in [0.5, 0.6) is 34.5 Å². The molecule has 29 heteroatoms. The molecule has 6 amide bonds. The number of phenols is 5. The monoisotopic (exact) mass is 1880 g/mol. The summed E-state index contributed by atoms with van der Waals surface area (Å²) in [6.45, 7) is 9.37. The topological polar surface area (TPSA) is 362 Å². The zero-order chi connectivity index (χ0) is 87.8. The van der Waals surface area contributed by atoms with E-state index in [9.17, 15) is 44.1 Å². The lowest BCUT2D eigenvalue weighted by Gasteiger charge is -2.11. The van der Waals surface area contributed by atoms with Gasteiger partial charge in [-0.1, -0.05) is 125 Å². The number of benzene rings is 12. The van der Waals surface area contributed by atoms with Gasteiger partial charge >= 0.3 is 0 Å². The van der Waals surface area contributed by atoms with Gasteiger partial charge in [0.25, 0.3) is 35.4 Å². The average molecular weight is 1880 g/mol. The second-order valence-corrected chi connectivity index (χ2v) is 29.4. The minimum atomic E-state index is -0.322. The number of carbonyl (C=O) groups is 6. The van der Waals surface area contributed by atoms with Crippen LogP contribution >= 0.6 is 63.7 Å². The Morgan fingerprint density at radius 1 is 0.314 bits per heavy atom. The van der Waals surface area contributed by atoms with E-state index in [4.69, 9.17) is 14.9 Å². The van der Waals surface area contributed by atoms with Gasteiger partial charge in [-0.3, -0.25) is 28.8 Å². The lowest BCUT2D eigenvalue weighted by Crippen LogP contribution is -2.18. The molecule has 12 aromatic carbocycles. The zero-order valence-electron chi connectivity index (χ0n) is 66.6. The van der Waals surface area contributed by atoms with E-state index in [1.807, 2.05) is 187 Å². The van der Waals surface area contributed by atoms with E-state index in [-0.39, 0.29) is 64.2 Å². The second-order valence-electron chi connectivity index (χ2n) is 25.9. The Balaban J connectivity index is 0.000000200. The maximum Gasteiger partial charge on any atom is 0.271 e. The van der Waals surface area contributed by atoms with Crippen LogP contribution in [-0.4, -0.2) is 119 Å². The normalized spacial score (nSPS) is 10.6. The van der Waals surface area contributed by atoms with Crippen molar-refractivity contribution in [3.8, 4) is 34.5 Å². The number of hydrogen-bond acceptors (Lipinski definition) is 19. The number of anilines is 1. The summed E-state index contributed by atoms with van der Waals surface area (Å²) in [6.07, 6.45) is 9.07. The van der Waals surface area contributed by atoms with E-state index in [1.54, 1.807) is 135 Å². The smallest absolute Gasteiger partial charge is 0.271 e. The number of aryl methyl sites for hydroxylation is 5. The summed E-state index contributed by atoms with van der Waals surface area (Å²) in [6, 6.07) is 77.6. The summed E-state index contributed by atoms with van der Waals surface area (Å²) in [5.41, 5.74) is 28.5. The van der Waals surface area contributed by atoms with Gasteiger partial charge in [0.1, 0.15) is 34.5 Å². The highest BCUT2D eigenvalue weighted by Gasteiger charge is 2.13. The van der Waals surface area contributed by atoms with E-state index in [0.717, 1.165) is 76.0 Å². The second kappa shape index (κ2) is 49.3. The number of aromatic hydroxyl groups is 5. The SMILES string of the molecule is COc1ccc(/C=N/NC(=O)c2ccccc2C)cc1Br.Cc1ccccc1C(=O)N/N=C/c1ccc(N(C)C)cc1.Cc1ccccc1C(=O)N/N=C/c1ccc(O)c(Br)c1.Cc1ccccc1C(=O)N/N=C/c1ccc(O)cc1.Cc1ccccc1C(=O)N/N=C/c1ccc(O)cc1O.O=C(N/N=C/c1ccc(O)c(Br)c1)c1cccc(Br)c1. The molecule has 0 aliphatic rings. The van der Waals surface area contributed by atoms with Crippen LogP contribution in [0.15, 0.2) is 315 Å². The van der Waals surface area contributed by atoms with Gasteiger partial charge in [-0.05, 0) is 290 Å². The molecule has 0 fully saturated rings. The molecule has 0 radical (unpaired) electrons. The van der Waals surface area contributed by atoms with Gasteiger partial charge in [0.2, 0.25) is 0 Å². The third kappa shape index (κ3) is 32.1. The molecule has 12 aromatic rings. The summed E-state index contributed by atoms with van der Waals surface area (Å²) < 4.78 is 7.96. The first-order valence-electron chi connectivity index (χ1n) is 36.5. The standard InChI is InChI=1S/C17H19N3O.C16H15BrN2O2.C15H13BrN2O2.C15H14N2O3.C15H14N2O2.C14H10Br2N2O2/c1-13-6-4-5-7-16(13)17(21)19-18-12-14-8-10-15(11-9-14)20(2)3;1-11-5-3-4-6-13(11)16(20)19-18-10-12-7-8-15(21-2)14(17)9-12;1-10-4-2-3-5-12(10)15(20)18-17-9-11-6-7-14(19)13(16)8-11;1-10-4-2-3-5-13(10)15(20)17-16-9-11-6-7-12(18)8-14(11)19;1-11-4-2-3-5-14(11)15(19)17-16-10-12-6-8-13(18)9-7-12;15-11-3-1-2-10(7-11)14(20)18-17-8-9-4-5-13(19)12(16)6-9/h4-12H,1-3H3,(H,19,21);3-10H,1-2H3,(H,19,20);2-9,19H,1H3,(H,18,20);2-9,18-19H,1H3,(H,17,20);2-10,18H,1H3,(H,17,19);1-8,19H,(H,18,20)/b18-12+;18-10+;17-9+;16-9+;16-10+;17-8+. The Labute approximate surface area is 733 Å². The molecule has 0 aliphatic carbocycles. The fourth-order valence-electron chi connectivity index (χ4n) is 10.2. The third-order valence-electron chi connectivity index (χ3n) is 16.7. The first-order valence-corrected chi connectivity index (χ1v) is 39.7. The third-order valence-corrected chi connectivity index (χ3v) is 19.1. The molecule has 0 unspecified atom stereocenters. The lowest BCUT2D eigenvalue weighted by molar-refractivity contribution is 0.0946. The predicted molar refractivity (Wildman–Crippen MR) is 491 cm³/mol. The van der Waals surface area contributed by atoms with Crippen LogP contribution in [0.4, 0.5) is 5.69 Å². The Kier molecular flexibility index (Phi) is 38.3. The van der Waals surface area contributed by atoms with Crippen LogP contribution in [0.2, 0.25) is 0 Å². The Bertz CT molecular complexity index is 5750. The van der Waals surface area contributed by atoms with Crippen molar-refractivity contribution in [2.45, 2.75) is 34.6 Å². The van der Waals surface area contributed by atoms with Crippen molar-refractivity contribution in [3.05, 3.63) is 379 Å². The van der Waals surface area contributed by atoms with Gasteiger partial charge in [0.05, 0.1) is 57.8 Å². The fraction of sp³-hybridized carbons (Fsp3) is 0.0870.